The molecule has 0 unspecified atom stereocenters. The largest absolute Gasteiger partial charge is 0.487 e. The van der Waals surface area contributed by atoms with Crippen LogP contribution >= 0.6 is 0 Å². The minimum Gasteiger partial charge on any atom is -0.487 e. The molecule has 1 atom stereocenters. The van der Waals surface area contributed by atoms with E-state index in [1.54, 1.807) is 18.5 Å². The number of nitrogens with zero attached hydrogens (tertiary/aromatic N) is 4. The summed E-state index contributed by atoms with van der Waals surface area (Å²) in [4.78, 5) is 19.2. The number of hydrogen-bond acceptors (Lipinski definition) is 7. The number of nitrogens with one attached hydrogen (secondary N) is 2. The number of β-amino-alcohol motifs (C(OH)–C–C–N with tert-alkyl or cyclic N) is 1. The van der Waals surface area contributed by atoms with Crippen LogP contribution in [0.3, 0.4) is 0 Å². The van der Waals surface area contributed by atoms with Gasteiger partial charge in [-0.3, -0.25) is 14.7 Å². The molecule has 1 fully saturated rings. The lowest BCUT2D eigenvalue weighted by atomic mass is 9.82. The van der Waals surface area contributed by atoms with E-state index < -0.39 is 6.10 Å². The van der Waals surface area contributed by atoms with Crippen molar-refractivity contribution in [3.63, 3.8) is 0 Å². The monoisotopic (exact) mass is 476 g/mol. The average Bonchev–Trinajstić information content (AvgIpc) is 3.37. The number of hydrogen-bond donors (Lipinski definition) is 3. The van der Waals surface area contributed by atoms with Crippen LogP contribution in [0.5, 0.6) is 5.75 Å². The Kier molecular flexibility index (Phi) is 7.34. The van der Waals surface area contributed by atoms with E-state index in [0.717, 1.165) is 43.1 Å². The Morgan fingerprint density at radius 3 is 2.94 bits per heavy atom. The van der Waals surface area contributed by atoms with Gasteiger partial charge >= 0.3 is 0 Å². The van der Waals surface area contributed by atoms with E-state index in [1.165, 1.54) is 30.4 Å². The lowest BCUT2D eigenvalue weighted by Gasteiger charge is -2.30. The van der Waals surface area contributed by atoms with Gasteiger partial charge in [-0.1, -0.05) is 25.3 Å². The van der Waals surface area contributed by atoms with Gasteiger partial charge in [0.1, 0.15) is 18.1 Å². The number of carbonyl (C=O) groups excluding carboxylic acids is 1. The predicted octanol–water partition coefficient (Wildman–Crippen LogP) is 2.27. The van der Waals surface area contributed by atoms with Gasteiger partial charge in [-0.25, -0.2) is 0 Å². The van der Waals surface area contributed by atoms with Crippen molar-refractivity contribution in [2.24, 2.45) is 5.92 Å². The topological polar surface area (TPSA) is 116 Å². The fourth-order valence-electron chi connectivity index (χ4n) is 4.68. The van der Waals surface area contributed by atoms with Crippen LogP contribution in [0.1, 0.15) is 52.1 Å². The second-order valence-electron chi connectivity index (χ2n) is 9.57. The maximum Gasteiger partial charge on any atom is 0.251 e. The summed E-state index contributed by atoms with van der Waals surface area (Å²) < 4.78 is 5.81. The quantitative estimate of drug-likeness (QED) is 0.411. The Balaban J connectivity index is 1.07. The maximum absolute atomic E-state index is 12.6. The summed E-state index contributed by atoms with van der Waals surface area (Å²) in [5.74, 6) is 1.36. The van der Waals surface area contributed by atoms with Crippen molar-refractivity contribution < 1.29 is 14.6 Å². The second-order valence-corrected chi connectivity index (χ2v) is 9.57. The minimum absolute atomic E-state index is 0.163. The van der Waals surface area contributed by atoms with Gasteiger partial charge in [-0.2, -0.15) is 15.4 Å². The molecule has 0 bridgehead atoms. The molecule has 35 heavy (non-hydrogen) atoms. The van der Waals surface area contributed by atoms with Crippen molar-refractivity contribution in [3.05, 3.63) is 70.8 Å². The fraction of sp³-hybridized carbons (Fsp3) is 0.462. The number of aromatic amines is 1. The third-order valence-corrected chi connectivity index (χ3v) is 6.89. The summed E-state index contributed by atoms with van der Waals surface area (Å²) in [7, 11) is 0. The third-order valence-electron chi connectivity index (χ3n) is 6.89. The van der Waals surface area contributed by atoms with Gasteiger partial charge < -0.3 is 15.2 Å². The number of aliphatic hydroxyl groups is 1. The molecule has 3 N–H and O–H groups in total. The van der Waals surface area contributed by atoms with E-state index in [-0.39, 0.29) is 12.5 Å². The number of ether oxygens (including phenoxy) is 1. The third kappa shape index (κ3) is 6.23. The van der Waals surface area contributed by atoms with Gasteiger partial charge in [-0.15, -0.1) is 0 Å². The molecule has 184 valence electrons. The van der Waals surface area contributed by atoms with E-state index in [9.17, 15) is 9.90 Å². The van der Waals surface area contributed by atoms with Crippen LogP contribution in [0.15, 0.2) is 42.7 Å². The van der Waals surface area contributed by atoms with Gasteiger partial charge in [0.25, 0.3) is 5.91 Å². The number of pyridine rings is 1. The number of rotatable bonds is 10. The number of carbonyl (C=O) groups is 1. The molecule has 3 heterocycles. The number of fused-ring (bicyclic) bond motifs is 1. The fourth-order valence-corrected chi connectivity index (χ4v) is 4.68. The van der Waals surface area contributed by atoms with E-state index in [0.29, 0.717) is 24.6 Å². The summed E-state index contributed by atoms with van der Waals surface area (Å²) in [6, 6.07) is 9.74. The molecular formula is C26H32N6O3. The van der Waals surface area contributed by atoms with Crippen LogP contribution in [-0.2, 0) is 26.0 Å². The van der Waals surface area contributed by atoms with Crippen molar-refractivity contribution in [3.8, 4) is 5.75 Å². The molecule has 1 saturated carbocycles. The highest BCUT2D eigenvalue weighted by Crippen LogP contribution is 2.29. The van der Waals surface area contributed by atoms with Crippen LogP contribution in [0.4, 0.5) is 0 Å². The van der Waals surface area contributed by atoms with Crippen molar-refractivity contribution >= 4 is 5.91 Å². The van der Waals surface area contributed by atoms with Crippen LogP contribution in [0, 0.1) is 5.92 Å². The Morgan fingerprint density at radius 1 is 1.23 bits per heavy atom. The highest BCUT2D eigenvalue weighted by molar-refractivity contribution is 5.94. The standard InChI is InChI=1S/C26H32N6O3/c33-24(14-28-26(34)20-6-8-27-22(11-20)10-18-2-1-3-18)16-32-9-7-19-12-25(5-4-21(19)15-32)35-17-23-13-29-31-30-23/h4-6,8,11-13,18,24,33H,1-3,7,9-10,14-17H2,(H,28,34)(H,29,30,31)/t24-/m0/s1. The van der Waals surface area contributed by atoms with Crippen molar-refractivity contribution in [2.75, 3.05) is 19.6 Å². The summed E-state index contributed by atoms with van der Waals surface area (Å²) in [5, 5.41) is 23.8. The molecule has 5 rings (SSSR count). The zero-order valence-electron chi connectivity index (χ0n) is 19.8. The van der Waals surface area contributed by atoms with Gasteiger partial charge in [-0.05, 0) is 54.2 Å². The van der Waals surface area contributed by atoms with Gasteiger partial charge in [0.2, 0.25) is 0 Å². The van der Waals surface area contributed by atoms with Gasteiger partial charge in [0.15, 0.2) is 0 Å². The van der Waals surface area contributed by atoms with Gasteiger partial charge in [0.05, 0.1) is 12.3 Å². The van der Waals surface area contributed by atoms with Crippen LogP contribution in [-0.4, -0.2) is 62.0 Å². The predicted molar refractivity (Wildman–Crippen MR) is 130 cm³/mol. The molecule has 0 radical (unpaired) electrons. The highest BCUT2D eigenvalue weighted by Gasteiger charge is 2.21. The first kappa shape index (κ1) is 23.4. The van der Waals surface area contributed by atoms with Gasteiger partial charge in [0, 0.05) is 43.6 Å². The Morgan fingerprint density at radius 2 is 2.14 bits per heavy atom. The van der Waals surface area contributed by atoms with E-state index >= 15 is 0 Å². The Labute approximate surface area is 204 Å². The average molecular weight is 477 g/mol. The van der Waals surface area contributed by atoms with Crippen molar-refractivity contribution in [1.82, 2.24) is 30.6 Å². The zero-order valence-corrected chi connectivity index (χ0v) is 19.8. The number of aromatic nitrogens is 4. The number of benzene rings is 1. The molecule has 1 aliphatic heterocycles. The first-order valence-corrected chi connectivity index (χ1v) is 12.3. The van der Waals surface area contributed by atoms with Crippen molar-refractivity contribution in [2.45, 2.75) is 51.4 Å². The molecule has 1 aliphatic carbocycles. The van der Waals surface area contributed by atoms with Crippen molar-refractivity contribution in [1.29, 1.82) is 0 Å². The first-order valence-electron chi connectivity index (χ1n) is 12.3. The molecule has 2 aromatic heterocycles. The Bertz CT molecular complexity index is 1130. The summed E-state index contributed by atoms with van der Waals surface area (Å²) in [6.07, 6.45) is 8.34. The molecular weight excluding hydrogens is 444 g/mol. The highest BCUT2D eigenvalue weighted by atomic mass is 16.5. The molecule has 0 saturated heterocycles. The smallest absolute Gasteiger partial charge is 0.251 e. The molecule has 1 amide bonds. The molecule has 3 aromatic rings. The lowest BCUT2D eigenvalue weighted by Crippen LogP contribution is -2.42. The van der Waals surface area contributed by atoms with E-state index in [4.69, 9.17) is 4.74 Å². The minimum atomic E-state index is -0.637. The Hall–Kier alpha value is -3.30. The normalized spacial score (nSPS) is 16.8. The summed E-state index contributed by atoms with van der Waals surface area (Å²) in [5.41, 5.74) is 4.83. The first-order chi connectivity index (χ1) is 17.1. The van der Waals surface area contributed by atoms with E-state index in [1.807, 2.05) is 12.1 Å². The van der Waals surface area contributed by atoms with E-state index in [2.05, 4.69) is 42.7 Å². The number of H-pyrrole nitrogens is 1. The SMILES string of the molecule is O=C(NC[C@H](O)CN1CCc2cc(OCc3cn[nH]n3)ccc2C1)c1ccnc(CC2CCC2)c1. The second kappa shape index (κ2) is 11.0. The van der Waals surface area contributed by atoms with Crippen LogP contribution in [0.2, 0.25) is 0 Å². The molecule has 1 aromatic carbocycles. The number of aliphatic hydroxyl groups excluding tert-OH is 1. The molecule has 2 aliphatic rings. The summed E-state index contributed by atoms with van der Waals surface area (Å²) in [6.45, 7) is 2.71. The maximum atomic E-state index is 12.6. The zero-order chi connectivity index (χ0) is 24.0. The number of amides is 1. The molecule has 0 spiro atoms. The lowest BCUT2D eigenvalue weighted by molar-refractivity contribution is 0.0841. The van der Waals surface area contributed by atoms with Crippen LogP contribution in [0.25, 0.3) is 0 Å². The van der Waals surface area contributed by atoms with Crippen LogP contribution < -0.4 is 10.1 Å². The molecule has 9 heteroatoms. The summed E-state index contributed by atoms with van der Waals surface area (Å²) >= 11 is 0. The molecule has 9 nitrogen and oxygen atoms in total.